The Balaban J connectivity index is 1.71. The number of thioether (sulfide) groups is 1. The second kappa shape index (κ2) is 7.34. The second-order valence-corrected chi connectivity index (χ2v) is 7.43. The van der Waals surface area contributed by atoms with Crippen LogP contribution in [-0.2, 0) is 4.79 Å². The van der Waals surface area contributed by atoms with Gasteiger partial charge >= 0.3 is 0 Å². The number of hydrogen-bond donors (Lipinski definition) is 0. The van der Waals surface area contributed by atoms with Crippen molar-refractivity contribution >= 4 is 17.7 Å². The summed E-state index contributed by atoms with van der Waals surface area (Å²) in [6, 6.07) is 6.10. The highest BCUT2D eigenvalue weighted by Gasteiger charge is 2.22. The van der Waals surface area contributed by atoms with Gasteiger partial charge in [-0.3, -0.25) is 4.79 Å². The summed E-state index contributed by atoms with van der Waals surface area (Å²) in [5.41, 5.74) is 3.21. The molecule has 1 atom stereocenters. The molecule has 24 heavy (non-hydrogen) atoms. The number of piperidine rings is 1. The lowest BCUT2D eigenvalue weighted by atomic mass is 10.0. The Morgan fingerprint density at radius 3 is 2.79 bits per heavy atom. The number of carbonyl (C=O) groups excluding carboxylic acids is 1. The molecule has 0 spiro atoms. The van der Waals surface area contributed by atoms with E-state index in [4.69, 9.17) is 0 Å². The first kappa shape index (κ1) is 17.0. The topological polar surface area (TPSA) is 63.9 Å². The molecule has 3 rings (SSSR count). The van der Waals surface area contributed by atoms with Gasteiger partial charge in [-0.05, 0) is 54.2 Å². The summed E-state index contributed by atoms with van der Waals surface area (Å²) in [4.78, 5) is 14.4. The number of likely N-dealkylation sites (tertiary alicyclic amines) is 1. The first-order valence-corrected chi connectivity index (χ1v) is 9.30. The molecule has 1 aromatic carbocycles. The number of nitrogens with zero attached hydrogens (tertiary/aromatic N) is 5. The third kappa shape index (κ3) is 3.61. The molecule has 0 aliphatic carbocycles. The quantitative estimate of drug-likeness (QED) is 0.797. The van der Waals surface area contributed by atoms with Crippen molar-refractivity contribution < 1.29 is 4.79 Å². The molecule has 0 radical (unpaired) electrons. The number of benzene rings is 1. The van der Waals surface area contributed by atoms with Crippen LogP contribution in [0.5, 0.6) is 0 Å². The summed E-state index contributed by atoms with van der Waals surface area (Å²) in [6.45, 7) is 8.01. The lowest BCUT2D eigenvalue weighted by Crippen LogP contribution is -2.40. The van der Waals surface area contributed by atoms with Gasteiger partial charge in [0, 0.05) is 13.1 Å². The molecule has 1 fully saturated rings. The maximum Gasteiger partial charge on any atom is 0.233 e. The first-order chi connectivity index (χ1) is 11.6. The highest BCUT2D eigenvalue weighted by atomic mass is 32.2. The Hall–Kier alpha value is -1.89. The number of amides is 1. The molecule has 1 amide bonds. The number of carbonyl (C=O) groups is 1. The largest absolute Gasteiger partial charge is 0.342 e. The van der Waals surface area contributed by atoms with Gasteiger partial charge in [-0.2, -0.15) is 4.68 Å². The van der Waals surface area contributed by atoms with Crippen LogP contribution in [0.4, 0.5) is 0 Å². The fourth-order valence-electron chi connectivity index (χ4n) is 3.18. The van der Waals surface area contributed by atoms with Crippen LogP contribution < -0.4 is 0 Å². The molecule has 7 heteroatoms. The van der Waals surface area contributed by atoms with Crippen molar-refractivity contribution in [1.29, 1.82) is 0 Å². The van der Waals surface area contributed by atoms with Crippen LogP contribution >= 0.6 is 11.8 Å². The van der Waals surface area contributed by atoms with Gasteiger partial charge in [0.05, 0.1) is 11.4 Å². The van der Waals surface area contributed by atoms with Gasteiger partial charge in [-0.1, -0.05) is 36.9 Å². The van der Waals surface area contributed by atoms with Crippen molar-refractivity contribution in [2.24, 2.45) is 5.92 Å². The summed E-state index contributed by atoms with van der Waals surface area (Å²) >= 11 is 1.40. The smallest absolute Gasteiger partial charge is 0.233 e. The third-order valence-electron chi connectivity index (χ3n) is 4.43. The molecule has 0 saturated carbocycles. The second-order valence-electron chi connectivity index (χ2n) is 6.49. The average Bonchev–Trinajstić information content (AvgIpc) is 3.00. The van der Waals surface area contributed by atoms with Crippen LogP contribution in [-0.4, -0.2) is 49.9 Å². The van der Waals surface area contributed by atoms with Gasteiger partial charge in [-0.25, -0.2) is 0 Å². The monoisotopic (exact) mass is 345 g/mol. The van der Waals surface area contributed by atoms with E-state index >= 15 is 0 Å². The van der Waals surface area contributed by atoms with Gasteiger partial charge in [0.2, 0.25) is 11.1 Å². The molecule has 2 heterocycles. The van der Waals surface area contributed by atoms with Crippen LogP contribution in [0.2, 0.25) is 0 Å². The first-order valence-electron chi connectivity index (χ1n) is 8.32. The predicted molar refractivity (Wildman–Crippen MR) is 94.3 cm³/mol. The maximum absolute atomic E-state index is 12.4. The minimum atomic E-state index is 0.169. The SMILES string of the molecule is Cc1cccc(C)c1-n1nnnc1SCC(=O)N1CCCC(C)C1. The van der Waals surface area contributed by atoms with E-state index in [0.717, 1.165) is 36.3 Å². The zero-order valence-corrected chi connectivity index (χ0v) is 15.2. The molecule has 1 aliphatic heterocycles. The van der Waals surface area contributed by atoms with Crippen LogP contribution in [0.25, 0.3) is 5.69 Å². The third-order valence-corrected chi connectivity index (χ3v) is 5.33. The Labute approximate surface area is 146 Å². The van der Waals surface area contributed by atoms with Crippen LogP contribution in [0.15, 0.2) is 23.4 Å². The van der Waals surface area contributed by atoms with Gasteiger partial charge in [0.1, 0.15) is 0 Å². The number of hydrogen-bond acceptors (Lipinski definition) is 5. The predicted octanol–water partition coefficient (Wildman–Crippen LogP) is 2.63. The number of aryl methyl sites for hydroxylation is 2. The Morgan fingerprint density at radius 2 is 2.08 bits per heavy atom. The summed E-state index contributed by atoms with van der Waals surface area (Å²) in [6.07, 6.45) is 2.31. The molecular weight excluding hydrogens is 322 g/mol. The number of para-hydroxylation sites is 1. The molecule has 1 aliphatic rings. The fourth-order valence-corrected chi connectivity index (χ4v) is 3.96. The number of aromatic nitrogens is 4. The lowest BCUT2D eigenvalue weighted by Gasteiger charge is -2.30. The average molecular weight is 345 g/mol. The summed E-state index contributed by atoms with van der Waals surface area (Å²) in [7, 11) is 0. The Bertz CT molecular complexity index is 709. The van der Waals surface area contributed by atoms with E-state index < -0.39 is 0 Å². The molecule has 128 valence electrons. The van der Waals surface area contributed by atoms with Crippen molar-refractivity contribution in [2.75, 3.05) is 18.8 Å². The summed E-state index contributed by atoms with van der Waals surface area (Å²) in [5.74, 6) is 1.13. The van der Waals surface area contributed by atoms with E-state index in [-0.39, 0.29) is 5.91 Å². The maximum atomic E-state index is 12.4. The van der Waals surface area contributed by atoms with Crippen molar-refractivity contribution in [1.82, 2.24) is 25.1 Å². The van der Waals surface area contributed by atoms with Crippen LogP contribution in [0.3, 0.4) is 0 Å². The molecule has 6 nitrogen and oxygen atoms in total. The molecule has 1 aromatic heterocycles. The molecule has 0 bridgehead atoms. The lowest BCUT2D eigenvalue weighted by molar-refractivity contribution is -0.130. The van der Waals surface area contributed by atoms with E-state index in [1.165, 1.54) is 18.2 Å². The molecule has 1 saturated heterocycles. The molecule has 2 aromatic rings. The Morgan fingerprint density at radius 1 is 1.33 bits per heavy atom. The highest BCUT2D eigenvalue weighted by Crippen LogP contribution is 2.24. The summed E-state index contributed by atoms with van der Waals surface area (Å²) in [5, 5.41) is 12.7. The van der Waals surface area contributed by atoms with Crippen molar-refractivity contribution in [3.8, 4) is 5.69 Å². The van der Waals surface area contributed by atoms with Crippen molar-refractivity contribution in [3.63, 3.8) is 0 Å². The van der Waals surface area contributed by atoms with Gasteiger partial charge in [0.25, 0.3) is 0 Å². The van der Waals surface area contributed by atoms with E-state index in [1.54, 1.807) is 4.68 Å². The van der Waals surface area contributed by atoms with Crippen molar-refractivity contribution in [3.05, 3.63) is 29.3 Å². The van der Waals surface area contributed by atoms with Gasteiger partial charge < -0.3 is 4.90 Å². The zero-order valence-electron chi connectivity index (χ0n) is 14.4. The normalized spacial score (nSPS) is 18.0. The van der Waals surface area contributed by atoms with E-state index in [0.29, 0.717) is 16.8 Å². The standard InChI is InChI=1S/C17H23N5OS/c1-12-6-5-9-21(10-12)15(23)11-24-17-18-19-20-22(17)16-13(2)7-4-8-14(16)3/h4,7-8,12H,5-6,9-11H2,1-3H3. The molecular formula is C17H23N5OS. The Kier molecular flexibility index (Phi) is 5.18. The van der Waals surface area contributed by atoms with E-state index in [9.17, 15) is 4.79 Å². The highest BCUT2D eigenvalue weighted by molar-refractivity contribution is 7.99. The van der Waals surface area contributed by atoms with E-state index in [1.807, 2.05) is 36.9 Å². The number of tetrazole rings is 1. The van der Waals surface area contributed by atoms with Crippen LogP contribution in [0.1, 0.15) is 30.9 Å². The minimum Gasteiger partial charge on any atom is -0.342 e. The zero-order chi connectivity index (χ0) is 17.1. The van der Waals surface area contributed by atoms with Gasteiger partial charge in [-0.15, -0.1) is 5.10 Å². The van der Waals surface area contributed by atoms with Crippen LogP contribution in [0, 0.1) is 19.8 Å². The van der Waals surface area contributed by atoms with E-state index in [2.05, 4.69) is 22.4 Å². The number of rotatable bonds is 4. The molecule has 1 unspecified atom stereocenters. The van der Waals surface area contributed by atoms with Crippen molar-refractivity contribution in [2.45, 2.75) is 38.8 Å². The minimum absolute atomic E-state index is 0.169. The molecule has 0 N–H and O–H groups in total. The fraction of sp³-hybridized carbons (Fsp3) is 0.529. The van der Waals surface area contributed by atoms with Gasteiger partial charge in [0.15, 0.2) is 0 Å². The summed E-state index contributed by atoms with van der Waals surface area (Å²) < 4.78 is 1.74.